The number of para-hydroxylation sites is 1. The van der Waals surface area contributed by atoms with E-state index in [0.29, 0.717) is 11.4 Å². The Morgan fingerprint density at radius 3 is 2.59 bits per heavy atom. The maximum absolute atomic E-state index is 12.5. The quantitative estimate of drug-likeness (QED) is 0.604. The summed E-state index contributed by atoms with van der Waals surface area (Å²) in [4.78, 5) is 26.7. The Labute approximate surface area is 164 Å². The topological polar surface area (TPSA) is 71.9 Å². The van der Waals surface area contributed by atoms with Crippen LogP contribution in [-0.4, -0.2) is 44.8 Å². The van der Waals surface area contributed by atoms with Crippen LogP contribution in [0.15, 0.2) is 53.4 Å². The summed E-state index contributed by atoms with van der Waals surface area (Å²) in [5, 5.41) is 5.79. The van der Waals surface area contributed by atoms with Gasteiger partial charge in [0.05, 0.1) is 19.8 Å². The lowest BCUT2D eigenvalue weighted by Crippen LogP contribution is -3.14. The van der Waals surface area contributed by atoms with Crippen molar-refractivity contribution in [2.75, 3.05) is 37.6 Å². The summed E-state index contributed by atoms with van der Waals surface area (Å²) in [5.41, 5.74) is 1.45. The molecule has 2 amide bonds. The van der Waals surface area contributed by atoms with Gasteiger partial charge in [-0.3, -0.25) is 9.59 Å². The van der Waals surface area contributed by atoms with E-state index in [2.05, 4.69) is 10.6 Å². The molecule has 0 bridgehead atoms. The Kier molecular flexibility index (Phi) is 7.69. The van der Waals surface area contributed by atoms with Gasteiger partial charge in [0.2, 0.25) is 0 Å². The van der Waals surface area contributed by atoms with Crippen molar-refractivity contribution in [3.05, 3.63) is 48.5 Å². The molecule has 0 aliphatic heterocycles. The van der Waals surface area contributed by atoms with Crippen LogP contribution in [0.5, 0.6) is 5.75 Å². The highest BCUT2D eigenvalue weighted by atomic mass is 32.2. The summed E-state index contributed by atoms with van der Waals surface area (Å²) >= 11 is 1.58. The van der Waals surface area contributed by atoms with Gasteiger partial charge in [0.1, 0.15) is 5.75 Å². The lowest BCUT2D eigenvalue weighted by atomic mass is 10.2. The molecule has 0 radical (unpaired) electrons. The average molecular weight is 389 g/mol. The smallest absolute Gasteiger partial charge is 0.282 e. The third-order valence-electron chi connectivity index (χ3n) is 4.29. The van der Waals surface area contributed by atoms with Crippen LogP contribution in [-0.2, 0) is 9.59 Å². The van der Waals surface area contributed by atoms with E-state index in [1.54, 1.807) is 37.9 Å². The number of carbonyl (C=O) groups excluding carboxylic acids is 2. The Morgan fingerprint density at radius 2 is 1.89 bits per heavy atom. The van der Waals surface area contributed by atoms with Gasteiger partial charge in [-0.2, -0.15) is 0 Å². The van der Waals surface area contributed by atoms with Gasteiger partial charge in [-0.15, -0.1) is 11.8 Å². The van der Waals surface area contributed by atoms with Gasteiger partial charge in [-0.1, -0.05) is 18.2 Å². The van der Waals surface area contributed by atoms with Gasteiger partial charge in [-0.05, 0) is 37.4 Å². The Morgan fingerprint density at radius 1 is 1.15 bits per heavy atom. The lowest BCUT2D eigenvalue weighted by molar-refractivity contribution is -0.885. The normalized spacial score (nSPS) is 12.7. The first-order valence-corrected chi connectivity index (χ1v) is 9.87. The molecule has 2 aromatic carbocycles. The Bertz CT molecular complexity index is 798. The number of likely N-dealkylation sites (N-methyl/N-ethyl adjacent to an activating group) is 1. The molecular formula is C20H26N3O3S+. The molecule has 2 atom stereocenters. The maximum Gasteiger partial charge on any atom is 0.282 e. The number of anilines is 2. The van der Waals surface area contributed by atoms with E-state index in [0.717, 1.165) is 15.5 Å². The van der Waals surface area contributed by atoms with Crippen molar-refractivity contribution in [3.63, 3.8) is 0 Å². The highest BCUT2D eigenvalue weighted by Gasteiger charge is 2.24. The van der Waals surface area contributed by atoms with Crippen molar-refractivity contribution in [3.8, 4) is 5.75 Å². The van der Waals surface area contributed by atoms with Gasteiger partial charge in [0.15, 0.2) is 12.6 Å². The molecule has 0 saturated heterocycles. The predicted octanol–water partition coefficient (Wildman–Crippen LogP) is 1.90. The molecule has 3 N–H and O–H groups in total. The molecule has 2 aromatic rings. The molecule has 0 spiro atoms. The number of benzene rings is 2. The highest BCUT2D eigenvalue weighted by molar-refractivity contribution is 7.98. The van der Waals surface area contributed by atoms with E-state index in [1.165, 1.54) is 0 Å². The number of rotatable bonds is 8. The van der Waals surface area contributed by atoms with E-state index in [1.807, 2.05) is 49.7 Å². The monoisotopic (exact) mass is 388 g/mol. The number of ether oxygens (including phenoxy) is 1. The average Bonchev–Trinajstić information content (AvgIpc) is 2.67. The molecule has 0 aromatic heterocycles. The molecule has 0 saturated carbocycles. The number of thioether (sulfide) groups is 1. The number of amides is 2. The van der Waals surface area contributed by atoms with Gasteiger partial charge < -0.3 is 20.3 Å². The number of nitrogens with one attached hydrogen (secondary N) is 3. The summed E-state index contributed by atoms with van der Waals surface area (Å²) in [6.07, 6.45) is 1.97. The first-order valence-electron chi connectivity index (χ1n) is 8.64. The minimum absolute atomic E-state index is 0.130. The number of hydrogen-bond acceptors (Lipinski definition) is 4. The van der Waals surface area contributed by atoms with E-state index in [-0.39, 0.29) is 18.4 Å². The molecule has 0 aliphatic rings. The highest BCUT2D eigenvalue weighted by Crippen LogP contribution is 2.24. The third kappa shape index (κ3) is 6.01. The number of carbonyl (C=O) groups is 2. The van der Waals surface area contributed by atoms with Crippen LogP contribution in [0.2, 0.25) is 0 Å². The molecular weight excluding hydrogens is 362 g/mol. The van der Waals surface area contributed by atoms with Crippen LogP contribution in [0.4, 0.5) is 11.4 Å². The SMILES string of the molecule is COc1cccc(NC(=O)[C@@H](C)[NH+](C)CC(=O)Nc2ccccc2SC)c1. The van der Waals surface area contributed by atoms with E-state index < -0.39 is 6.04 Å². The second-order valence-electron chi connectivity index (χ2n) is 6.21. The minimum atomic E-state index is -0.391. The van der Waals surface area contributed by atoms with Crippen LogP contribution in [0.1, 0.15) is 6.92 Å². The molecule has 144 valence electrons. The zero-order valence-electron chi connectivity index (χ0n) is 16.0. The van der Waals surface area contributed by atoms with Crippen molar-refractivity contribution >= 4 is 35.0 Å². The van der Waals surface area contributed by atoms with Crippen LogP contribution < -0.4 is 20.3 Å². The first-order chi connectivity index (χ1) is 12.9. The molecule has 6 nitrogen and oxygen atoms in total. The maximum atomic E-state index is 12.5. The van der Waals surface area contributed by atoms with Crippen molar-refractivity contribution in [2.24, 2.45) is 0 Å². The van der Waals surface area contributed by atoms with E-state index >= 15 is 0 Å². The van der Waals surface area contributed by atoms with Gasteiger partial charge in [0.25, 0.3) is 11.8 Å². The second-order valence-corrected chi connectivity index (χ2v) is 7.06. The van der Waals surface area contributed by atoms with Crippen molar-refractivity contribution < 1.29 is 19.2 Å². The zero-order chi connectivity index (χ0) is 19.8. The molecule has 7 heteroatoms. The fourth-order valence-electron chi connectivity index (χ4n) is 2.52. The van der Waals surface area contributed by atoms with Crippen LogP contribution in [0.25, 0.3) is 0 Å². The number of methoxy groups -OCH3 is 1. The number of hydrogen-bond donors (Lipinski definition) is 3. The zero-order valence-corrected chi connectivity index (χ0v) is 16.9. The summed E-state index contributed by atoms with van der Waals surface area (Å²) < 4.78 is 5.16. The largest absolute Gasteiger partial charge is 0.497 e. The number of quaternary nitrogens is 1. The third-order valence-corrected chi connectivity index (χ3v) is 5.09. The fourth-order valence-corrected chi connectivity index (χ4v) is 3.08. The second kappa shape index (κ2) is 9.99. The summed E-state index contributed by atoms with van der Waals surface area (Å²) in [7, 11) is 3.41. The Balaban J connectivity index is 1.92. The van der Waals surface area contributed by atoms with E-state index in [4.69, 9.17) is 4.74 Å². The van der Waals surface area contributed by atoms with Crippen LogP contribution in [0, 0.1) is 0 Å². The summed E-state index contributed by atoms with van der Waals surface area (Å²) in [5.74, 6) is 0.390. The van der Waals surface area contributed by atoms with Gasteiger partial charge >= 0.3 is 0 Å². The van der Waals surface area contributed by atoms with Crippen molar-refractivity contribution in [1.82, 2.24) is 0 Å². The van der Waals surface area contributed by atoms with Crippen LogP contribution in [0.3, 0.4) is 0 Å². The summed E-state index contributed by atoms with van der Waals surface area (Å²) in [6, 6.07) is 14.4. The van der Waals surface area contributed by atoms with Gasteiger partial charge in [0, 0.05) is 16.6 Å². The van der Waals surface area contributed by atoms with Crippen molar-refractivity contribution in [1.29, 1.82) is 0 Å². The molecule has 0 fully saturated rings. The molecule has 1 unspecified atom stereocenters. The predicted molar refractivity (Wildman–Crippen MR) is 110 cm³/mol. The molecule has 0 aliphatic carbocycles. The van der Waals surface area contributed by atoms with E-state index in [9.17, 15) is 9.59 Å². The first kappa shape index (κ1) is 20.8. The Hall–Kier alpha value is -2.51. The molecule has 0 heterocycles. The standard InChI is InChI=1S/C20H25N3O3S/c1-14(20(25)21-15-8-7-9-16(12-15)26-3)23(2)13-19(24)22-17-10-5-6-11-18(17)27-4/h5-12,14H,13H2,1-4H3,(H,21,25)(H,22,24)/p+1/t14-/m1/s1. The lowest BCUT2D eigenvalue weighted by Gasteiger charge is -2.21. The van der Waals surface area contributed by atoms with Gasteiger partial charge in [-0.25, -0.2) is 0 Å². The fraction of sp³-hybridized carbons (Fsp3) is 0.300. The molecule has 27 heavy (non-hydrogen) atoms. The summed E-state index contributed by atoms with van der Waals surface area (Å²) in [6.45, 7) is 1.99. The molecule has 2 rings (SSSR count). The minimum Gasteiger partial charge on any atom is -0.497 e. The van der Waals surface area contributed by atoms with Crippen molar-refractivity contribution in [2.45, 2.75) is 17.9 Å². The van der Waals surface area contributed by atoms with Crippen LogP contribution >= 0.6 is 11.8 Å².